The molecule has 7 rings (SSSR count). The van der Waals surface area contributed by atoms with E-state index in [0.717, 1.165) is 31.5 Å². The van der Waals surface area contributed by atoms with Crippen LogP contribution in [0.2, 0.25) is 5.02 Å². The van der Waals surface area contributed by atoms with Crippen molar-refractivity contribution in [3.05, 3.63) is 28.5 Å². The van der Waals surface area contributed by atoms with Crippen molar-refractivity contribution in [1.29, 1.82) is 0 Å². The van der Waals surface area contributed by atoms with Crippen molar-refractivity contribution in [3.63, 3.8) is 0 Å². The van der Waals surface area contributed by atoms with Crippen LogP contribution in [0.15, 0.2) is 12.1 Å². The van der Waals surface area contributed by atoms with E-state index in [1.165, 1.54) is 0 Å². The lowest BCUT2D eigenvalue weighted by Gasteiger charge is -2.37. The Morgan fingerprint density at radius 3 is 2.81 bits per heavy atom. The second-order valence-electron chi connectivity index (χ2n) is 11.8. The number of fused-ring (bicyclic) bond motifs is 3. The first kappa shape index (κ1) is 28.5. The summed E-state index contributed by atoms with van der Waals surface area (Å²) in [7, 11) is 0. The summed E-state index contributed by atoms with van der Waals surface area (Å²) in [6.07, 6.45) is -3.93. The molecule has 4 aliphatic rings. The van der Waals surface area contributed by atoms with Crippen molar-refractivity contribution in [1.82, 2.24) is 19.9 Å². The van der Waals surface area contributed by atoms with Gasteiger partial charge in [-0.05, 0) is 44.4 Å². The first-order valence-corrected chi connectivity index (χ1v) is 14.5. The molecule has 2 aromatic heterocycles. The summed E-state index contributed by atoms with van der Waals surface area (Å²) in [6, 6.07) is 1.30. The molecule has 43 heavy (non-hydrogen) atoms. The highest BCUT2D eigenvalue weighted by atomic mass is 35.5. The van der Waals surface area contributed by atoms with Gasteiger partial charge < -0.3 is 25.2 Å². The predicted molar refractivity (Wildman–Crippen MR) is 148 cm³/mol. The van der Waals surface area contributed by atoms with E-state index >= 15 is 4.39 Å². The van der Waals surface area contributed by atoms with Gasteiger partial charge in [-0.15, -0.1) is 0 Å². The number of aliphatic hydroxyl groups excluding tert-OH is 1. The smallest absolute Gasteiger partial charge is 0.418 e. The van der Waals surface area contributed by atoms with E-state index in [1.54, 1.807) is 0 Å². The first-order chi connectivity index (χ1) is 20.4. The summed E-state index contributed by atoms with van der Waals surface area (Å²) in [5, 5.41) is 9.69. The number of alkyl halides is 4. The highest BCUT2D eigenvalue weighted by Gasteiger charge is 2.49. The Morgan fingerprint density at radius 1 is 1.21 bits per heavy atom. The molecule has 15 heteroatoms. The van der Waals surface area contributed by atoms with Crippen LogP contribution in [-0.4, -0.2) is 81.7 Å². The zero-order valence-electron chi connectivity index (χ0n) is 22.8. The third-order valence-electron chi connectivity index (χ3n) is 8.97. The number of hydrogen-bond acceptors (Lipinski definition) is 9. The standard InChI is InChI=1S/C28H28ClF5N6O3/c29-18-7-14(35)6-17(20(18)28(32,33)34)22-21(31)23-19-24(40-5-2-16(41)8-15(40)11-42-25(19)36-22)38-26(37-23)43-12-27-3-1-4-39(27)10-13(30)9-27/h6-7,13,15-16,41H,1-5,8-12,35H2/t13-,15?,16?,27+/m1/s1. The lowest BCUT2D eigenvalue weighted by Crippen LogP contribution is -2.47. The molecule has 0 amide bonds. The van der Waals surface area contributed by atoms with Gasteiger partial charge in [0.05, 0.1) is 28.3 Å². The maximum Gasteiger partial charge on any atom is 0.418 e. The average Bonchev–Trinajstić information content (AvgIpc) is 3.40. The van der Waals surface area contributed by atoms with Crippen LogP contribution < -0.4 is 20.1 Å². The molecule has 3 saturated heterocycles. The molecule has 4 atom stereocenters. The van der Waals surface area contributed by atoms with Crippen LogP contribution in [0.5, 0.6) is 11.9 Å². The second kappa shape index (κ2) is 10.2. The molecule has 2 unspecified atom stereocenters. The number of aliphatic hydroxyl groups is 1. The van der Waals surface area contributed by atoms with Crippen molar-refractivity contribution >= 4 is 34.0 Å². The number of rotatable bonds is 4. The van der Waals surface area contributed by atoms with Crippen molar-refractivity contribution in [2.75, 3.05) is 43.5 Å². The molecule has 0 bridgehead atoms. The Labute approximate surface area is 247 Å². The van der Waals surface area contributed by atoms with E-state index in [-0.39, 0.29) is 60.0 Å². The van der Waals surface area contributed by atoms with E-state index in [9.17, 15) is 22.7 Å². The molecule has 0 aliphatic carbocycles. The van der Waals surface area contributed by atoms with Crippen LogP contribution >= 0.6 is 11.6 Å². The number of hydrogen-bond donors (Lipinski definition) is 2. The summed E-state index contributed by atoms with van der Waals surface area (Å²) in [5.74, 6) is -1.09. The minimum Gasteiger partial charge on any atom is -0.475 e. The van der Waals surface area contributed by atoms with E-state index in [0.29, 0.717) is 25.9 Å². The van der Waals surface area contributed by atoms with Crippen LogP contribution in [0.4, 0.5) is 33.5 Å². The molecule has 1 aromatic carbocycles. The van der Waals surface area contributed by atoms with Crippen molar-refractivity contribution < 1.29 is 36.5 Å². The van der Waals surface area contributed by atoms with Crippen LogP contribution in [-0.2, 0) is 6.18 Å². The van der Waals surface area contributed by atoms with Crippen LogP contribution in [0.3, 0.4) is 0 Å². The molecule has 4 aliphatic heterocycles. The molecule has 3 aromatic rings. The molecule has 3 fully saturated rings. The number of ether oxygens (including phenoxy) is 2. The molecule has 6 heterocycles. The monoisotopic (exact) mass is 626 g/mol. The lowest BCUT2D eigenvalue weighted by atomic mass is 9.95. The average molecular weight is 627 g/mol. The Bertz CT molecular complexity index is 1610. The number of nitrogens with zero attached hydrogens (tertiary/aromatic N) is 5. The molecule has 0 spiro atoms. The van der Waals surface area contributed by atoms with E-state index in [1.807, 2.05) is 9.80 Å². The number of anilines is 2. The molecule has 3 N–H and O–H groups in total. The maximum absolute atomic E-state index is 16.5. The van der Waals surface area contributed by atoms with Crippen LogP contribution in [0.25, 0.3) is 22.2 Å². The number of halogens is 6. The lowest BCUT2D eigenvalue weighted by molar-refractivity contribution is -0.137. The summed E-state index contributed by atoms with van der Waals surface area (Å²) in [6.45, 7) is 1.47. The Kier molecular flexibility index (Phi) is 6.74. The van der Waals surface area contributed by atoms with Gasteiger partial charge >= 0.3 is 12.2 Å². The zero-order valence-corrected chi connectivity index (χ0v) is 23.6. The van der Waals surface area contributed by atoms with Gasteiger partial charge in [-0.2, -0.15) is 23.1 Å². The number of pyridine rings is 1. The number of benzene rings is 1. The minimum atomic E-state index is -4.96. The van der Waals surface area contributed by atoms with Crippen molar-refractivity contribution in [2.24, 2.45) is 0 Å². The van der Waals surface area contributed by atoms with Crippen molar-refractivity contribution in [2.45, 2.75) is 62.1 Å². The van der Waals surface area contributed by atoms with Gasteiger partial charge in [0.2, 0.25) is 5.88 Å². The van der Waals surface area contributed by atoms with Crippen molar-refractivity contribution in [3.8, 4) is 23.1 Å². The predicted octanol–water partition coefficient (Wildman–Crippen LogP) is 4.76. The fourth-order valence-corrected chi connectivity index (χ4v) is 7.39. The molecule has 0 radical (unpaired) electrons. The molecule has 9 nitrogen and oxygen atoms in total. The molecular formula is C28H28ClF5N6O3. The van der Waals surface area contributed by atoms with Crippen LogP contribution in [0.1, 0.15) is 37.7 Å². The minimum absolute atomic E-state index is 0.0105. The second-order valence-corrected chi connectivity index (χ2v) is 12.2. The van der Waals surface area contributed by atoms with Gasteiger partial charge in [-0.3, -0.25) is 4.90 Å². The third kappa shape index (κ3) is 4.78. The maximum atomic E-state index is 16.5. The fourth-order valence-electron chi connectivity index (χ4n) is 7.05. The summed E-state index contributed by atoms with van der Waals surface area (Å²) in [5.41, 5.74) is 2.14. The largest absolute Gasteiger partial charge is 0.475 e. The highest BCUT2D eigenvalue weighted by molar-refractivity contribution is 6.32. The first-order valence-electron chi connectivity index (χ1n) is 14.1. The van der Waals surface area contributed by atoms with E-state index < -0.39 is 51.7 Å². The fraction of sp³-hybridized carbons (Fsp3) is 0.536. The summed E-state index contributed by atoms with van der Waals surface area (Å²) < 4.78 is 85.3. The number of aromatic nitrogens is 3. The van der Waals surface area contributed by atoms with Gasteiger partial charge in [0.25, 0.3) is 0 Å². The van der Waals surface area contributed by atoms with Gasteiger partial charge in [0.1, 0.15) is 41.8 Å². The quantitative estimate of drug-likeness (QED) is 0.313. The zero-order chi connectivity index (χ0) is 30.3. The topological polar surface area (TPSA) is 110 Å². The molecule has 0 saturated carbocycles. The van der Waals surface area contributed by atoms with E-state index in [2.05, 4.69) is 15.0 Å². The van der Waals surface area contributed by atoms with Gasteiger partial charge in [0, 0.05) is 30.8 Å². The third-order valence-corrected chi connectivity index (χ3v) is 9.27. The van der Waals surface area contributed by atoms with Crippen LogP contribution in [0, 0.1) is 5.82 Å². The van der Waals surface area contributed by atoms with Gasteiger partial charge in [-0.25, -0.2) is 13.8 Å². The SMILES string of the molecule is Nc1cc(Cl)c(C(F)(F)F)c(-c2nc3c4c(nc(OC[C@@]56CCCN5C[C@H](F)C6)nc4c2F)N2CCC(O)CC2CO3)c1. The normalized spacial score (nSPS) is 27.1. The highest BCUT2D eigenvalue weighted by Crippen LogP contribution is 2.47. The summed E-state index contributed by atoms with van der Waals surface area (Å²) >= 11 is 5.97. The molecular weight excluding hydrogens is 599 g/mol. The number of nitrogens with two attached hydrogens (primary N) is 1. The Balaban J connectivity index is 1.40. The number of nitrogen functional groups attached to an aromatic ring is 1. The Hall–Kier alpha value is -3.23. The summed E-state index contributed by atoms with van der Waals surface area (Å²) in [4.78, 5) is 17.1. The van der Waals surface area contributed by atoms with Gasteiger partial charge in [-0.1, -0.05) is 11.6 Å². The molecule has 230 valence electrons. The van der Waals surface area contributed by atoms with E-state index in [4.69, 9.17) is 26.8 Å². The Morgan fingerprint density at radius 2 is 2.02 bits per heavy atom. The van der Waals surface area contributed by atoms with Gasteiger partial charge in [0.15, 0.2) is 5.82 Å². The number of piperidine rings is 1.